The summed E-state index contributed by atoms with van der Waals surface area (Å²) in [5, 5.41) is 7.49. The van der Waals surface area contributed by atoms with E-state index in [0.717, 1.165) is 24.8 Å². The monoisotopic (exact) mass is 509 g/mol. The number of hydrogen-bond acceptors (Lipinski definition) is 5. The van der Waals surface area contributed by atoms with Crippen LogP contribution in [0.3, 0.4) is 0 Å². The third kappa shape index (κ3) is 6.13. The second-order valence-corrected chi connectivity index (χ2v) is 12.3. The molecule has 0 unspecified atom stereocenters. The first-order valence-corrected chi connectivity index (χ1v) is 14.3. The van der Waals surface area contributed by atoms with Crippen molar-refractivity contribution in [1.82, 2.24) is 15.1 Å². The van der Waals surface area contributed by atoms with Gasteiger partial charge in [0, 0.05) is 24.9 Å². The van der Waals surface area contributed by atoms with Crippen molar-refractivity contribution < 1.29 is 17.9 Å². The summed E-state index contributed by atoms with van der Waals surface area (Å²) in [6.45, 7) is 7.33. The van der Waals surface area contributed by atoms with Gasteiger partial charge in [-0.15, -0.1) is 0 Å². The Kier molecular flexibility index (Phi) is 8.68. The number of carbonyl (C=O) groups is 1. The lowest BCUT2D eigenvalue weighted by atomic mass is 9.89. The highest BCUT2D eigenvalue weighted by Gasteiger charge is 2.29. The van der Waals surface area contributed by atoms with E-state index in [-0.39, 0.29) is 22.8 Å². The van der Waals surface area contributed by atoms with E-state index in [1.165, 1.54) is 11.8 Å². The molecule has 1 aromatic carbocycles. The van der Waals surface area contributed by atoms with Gasteiger partial charge in [-0.2, -0.15) is 5.10 Å². The molecule has 0 aliphatic heterocycles. The predicted octanol–water partition coefficient (Wildman–Crippen LogP) is 4.76. The second-order valence-electron chi connectivity index (χ2n) is 9.64. The van der Waals surface area contributed by atoms with Crippen molar-refractivity contribution in [2.24, 2.45) is 11.8 Å². The molecule has 1 aromatic heterocycles. The minimum absolute atomic E-state index is 0.191. The van der Waals surface area contributed by atoms with Crippen molar-refractivity contribution in [2.75, 3.05) is 19.9 Å². The van der Waals surface area contributed by atoms with Gasteiger partial charge in [0.2, 0.25) is 0 Å². The zero-order valence-corrected chi connectivity index (χ0v) is 22.3. The lowest BCUT2D eigenvalue weighted by Gasteiger charge is -2.27. The molecule has 9 heteroatoms. The van der Waals surface area contributed by atoms with Crippen molar-refractivity contribution in [3.63, 3.8) is 0 Å². The van der Waals surface area contributed by atoms with Gasteiger partial charge < -0.3 is 10.1 Å². The minimum atomic E-state index is -3.00. The number of carbonyl (C=O) groups excluding carboxylic acids is 1. The van der Waals surface area contributed by atoms with Gasteiger partial charge in [-0.05, 0) is 68.6 Å². The van der Waals surface area contributed by atoms with Crippen LogP contribution in [-0.4, -0.2) is 49.3 Å². The highest BCUT2D eigenvalue weighted by Crippen LogP contribution is 2.38. The second kappa shape index (κ2) is 11.1. The number of rotatable bonds is 9. The first-order chi connectivity index (χ1) is 16.0. The van der Waals surface area contributed by atoms with Crippen LogP contribution in [0.5, 0.6) is 5.75 Å². The number of aryl methyl sites for hydroxylation is 1. The summed E-state index contributed by atoms with van der Waals surface area (Å²) < 4.78 is 30.9. The Labute approximate surface area is 208 Å². The molecule has 7 nitrogen and oxygen atoms in total. The van der Waals surface area contributed by atoms with Gasteiger partial charge in [0.05, 0.1) is 23.1 Å². The number of ether oxygens (including phenoxy) is 1. The van der Waals surface area contributed by atoms with Gasteiger partial charge in [0.25, 0.3) is 5.91 Å². The average Bonchev–Trinajstić information content (AvgIpc) is 3.12. The molecule has 1 saturated carbocycles. The molecule has 0 spiro atoms. The predicted molar refractivity (Wildman–Crippen MR) is 136 cm³/mol. The molecule has 34 heavy (non-hydrogen) atoms. The van der Waals surface area contributed by atoms with Crippen LogP contribution in [-0.2, 0) is 22.8 Å². The van der Waals surface area contributed by atoms with Gasteiger partial charge in [0.1, 0.15) is 15.6 Å². The van der Waals surface area contributed by atoms with Gasteiger partial charge in [0.15, 0.2) is 5.69 Å². The van der Waals surface area contributed by atoms with Crippen LogP contribution in [0.1, 0.15) is 62.5 Å². The average molecular weight is 510 g/mol. The fourth-order valence-electron chi connectivity index (χ4n) is 4.69. The maximum Gasteiger partial charge on any atom is 0.273 e. The van der Waals surface area contributed by atoms with Gasteiger partial charge >= 0.3 is 0 Å². The highest BCUT2D eigenvalue weighted by atomic mass is 35.5. The Hall–Kier alpha value is -2.06. The molecule has 0 saturated heterocycles. The van der Waals surface area contributed by atoms with Crippen molar-refractivity contribution >= 4 is 27.3 Å². The number of aromatic nitrogens is 2. The summed E-state index contributed by atoms with van der Waals surface area (Å²) in [7, 11) is -1.37. The zero-order chi connectivity index (χ0) is 25.0. The summed E-state index contributed by atoms with van der Waals surface area (Å²) in [6.07, 6.45) is 5.08. The van der Waals surface area contributed by atoms with Crippen LogP contribution in [0.2, 0.25) is 5.02 Å². The van der Waals surface area contributed by atoms with E-state index in [0.29, 0.717) is 48.3 Å². The Bertz CT molecular complexity index is 1120. The standard InChI is InChI=1S/C25H36ClN3O4S/c1-6-29-24(20-12-9-18(13-16(2)3)14-21(20)33-4)22(26)23(28-29)25(30)27-15-17-7-10-19(11-8-17)34(5,31)32/h9,12,14,16-17,19H,6-8,10-11,13,15H2,1-5H3,(H,27,30)/t17-,19-. The van der Waals surface area contributed by atoms with Gasteiger partial charge in [-0.1, -0.05) is 31.5 Å². The maximum atomic E-state index is 13.0. The van der Waals surface area contributed by atoms with Gasteiger partial charge in [-0.25, -0.2) is 8.42 Å². The van der Waals surface area contributed by atoms with Crippen LogP contribution >= 0.6 is 11.6 Å². The fraction of sp³-hybridized carbons (Fsp3) is 0.600. The number of methoxy groups -OCH3 is 1. The Morgan fingerprint density at radius 2 is 1.94 bits per heavy atom. The van der Waals surface area contributed by atoms with E-state index in [9.17, 15) is 13.2 Å². The molecule has 3 rings (SSSR count). The molecule has 2 aromatic rings. The number of benzene rings is 1. The molecule has 1 aliphatic rings. The number of hydrogen-bond donors (Lipinski definition) is 1. The van der Waals surface area contributed by atoms with Crippen molar-refractivity contribution in [3.05, 3.63) is 34.5 Å². The first-order valence-electron chi connectivity index (χ1n) is 12.0. The number of nitrogens with one attached hydrogen (secondary N) is 1. The van der Waals surface area contributed by atoms with Crippen LogP contribution in [0, 0.1) is 11.8 Å². The van der Waals surface area contributed by atoms with E-state index in [2.05, 4.69) is 30.3 Å². The summed E-state index contributed by atoms with van der Waals surface area (Å²) in [6, 6.07) is 6.06. The molecule has 0 bridgehead atoms. The van der Waals surface area contributed by atoms with Crippen LogP contribution in [0.25, 0.3) is 11.3 Å². The maximum absolute atomic E-state index is 13.0. The molecule has 1 fully saturated rings. The lowest BCUT2D eigenvalue weighted by Crippen LogP contribution is -2.34. The van der Waals surface area contributed by atoms with Crippen LogP contribution in [0.4, 0.5) is 0 Å². The van der Waals surface area contributed by atoms with E-state index >= 15 is 0 Å². The molecular formula is C25H36ClN3O4S. The summed E-state index contributed by atoms with van der Waals surface area (Å²) in [4.78, 5) is 13.0. The Morgan fingerprint density at radius 3 is 2.50 bits per heavy atom. The molecule has 0 radical (unpaired) electrons. The Morgan fingerprint density at radius 1 is 1.26 bits per heavy atom. The SMILES string of the molecule is CCn1nc(C(=O)NC[C@H]2CC[C@H](S(C)(=O)=O)CC2)c(Cl)c1-c1ccc(CC(C)C)cc1OC. The third-order valence-corrected chi connectivity index (χ3v) is 8.57. The first kappa shape index (κ1) is 26.5. The molecule has 1 amide bonds. The summed E-state index contributed by atoms with van der Waals surface area (Å²) in [5.41, 5.74) is 2.83. The number of sulfone groups is 1. The van der Waals surface area contributed by atoms with Gasteiger partial charge in [-0.3, -0.25) is 9.48 Å². The molecule has 1 aliphatic carbocycles. The summed E-state index contributed by atoms with van der Waals surface area (Å²) >= 11 is 6.72. The highest BCUT2D eigenvalue weighted by molar-refractivity contribution is 7.91. The van der Waals surface area contributed by atoms with Crippen LogP contribution < -0.4 is 10.1 Å². The molecule has 1 N–H and O–H groups in total. The molecule has 1 heterocycles. The zero-order valence-electron chi connectivity index (χ0n) is 20.7. The lowest BCUT2D eigenvalue weighted by molar-refractivity contribution is 0.0938. The van der Waals surface area contributed by atoms with Crippen LogP contribution in [0.15, 0.2) is 18.2 Å². The fourth-order valence-corrected chi connectivity index (χ4v) is 6.14. The van der Waals surface area contributed by atoms with E-state index in [4.69, 9.17) is 16.3 Å². The molecule has 0 atom stereocenters. The minimum Gasteiger partial charge on any atom is -0.496 e. The Balaban J connectivity index is 1.77. The normalized spacial score (nSPS) is 18.8. The van der Waals surface area contributed by atoms with Crippen molar-refractivity contribution in [2.45, 2.75) is 64.7 Å². The van der Waals surface area contributed by atoms with Crippen molar-refractivity contribution in [3.8, 4) is 17.0 Å². The molecular weight excluding hydrogens is 474 g/mol. The summed E-state index contributed by atoms with van der Waals surface area (Å²) in [5.74, 6) is 1.16. The number of amides is 1. The molecule has 188 valence electrons. The van der Waals surface area contributed by atoms with E-state index < -0.39 is 9.84 Å². The van der Waals surface area contributed by atoms with E-state index in [1.807, 2.05) is 19.1 Å². The number of nitrogens with zero attached hydrogens (tertiary/aromatic N) is 2. The van der Waals surface area contributed by atoms with E-state index in [1.54, 1.807) is 11.8 Å². The largest absolute Gasteiger partial charge is 0.496 e. The topological polar surface area (TPSA) is 90.3 Å². The quantitative estimate of drug-likeness (QED) is 0.526. The third-order valence-electron chi connectivity index (χ3n) is 6.52. The van der Waals surface area contributed by atoms with Crippen molar-refractivity contribution in [1.29, 1.82) is 0 Å². The number of halogens is 1. The smallest absolute Gasteiger partial charge is 0.273 e.